The number of anilines is 1. The number of rotatable bonds is 8. The van der Waals surface area contributed by atoms with Crippen molar-refractivity contribution in [1.29, 1.82) is 0 Å². The van der Waals surface area contributed by atoms with Gasteiger partial charge in [-0.2, -0.15) is 0 Å². The van der Waals surface area contributed by atoms with Gasteiger partial charge in [0.15, 0.2) is 0 Å². The number of likely N-dealkylation sites (tertiary alicyclic amines) is 1. The molecule has 1 N–H and O–H groups in total. The summed E-state index contributed by atoms with van der Waals surface area (Å²) < 4.78 is 5.49. The number of benzene rings is 1. The van der Waals surface area contributed by atoms with Gasteiger partial charge in [-0.3, -0.25) is 19.6 Å². The third kappa shape index (κ3) is 8.34. The van der Waals surface area contributed by atoms with Crippen molar-refractivity contribution in [2.75, 3.05) is 51.1 Å². The Balaban J connectivity index is 1.04. The highest BCUT2D eigenvalue weighted by molar-refractivity contribution is 6.04. The molecule has 3 aromatic rings. The Bertz CT molecular complexity index is 1290. The first kappa shape index (κ1) is 28.7. The monoisotopic (exact) mass is 556 g/mol. The van der Waals surface area contributed by atoms with E-state index in [-0.39, 0.29) is 11.8 Å². The third-order valence-electron chi connectivity index (χ3n) is 7.84. The minimum Gasteiger partial charge on any atom is -0.391 e. The highest BCUT2D eigenvalue weighted by Crippen LogP contribution is 2.19. The van der Waals surface area contributed by atoms with Crippen molar-refractivity contribution in [1.82, 2.24) is 24.7 Å². The van der Waals surface area contributed by atoms with Crippen molar-refractivity contribution >= 4 is 17.7 Å². The molecule has 0 aliphatic carbocycles. The summed E-state index contributed by atoms with van der Waals surface area (Å²) in [6.45, 7) is 11.2. The van der Waals surface area contributed by atoms with E-state index in [1.165, 1.54) is 24.6 Å². The second-order valence-electron chi connectivity index (χ2n) is 11.3. The zero-order valence-electron chi connectivity index (χ0n) is 24.1. The second kappa shape index (κ2) is 13.7. The standard InChI is InChI=1S/C32H40N6O3/c1-24-5-10-28(33-20-24)13-15-36-16-18-38(19-17-36)32(40)41-30-12-11-29(21-34-30)35-31(39)27-8-6-26(7-9-27)23-37-14-3-4-25(2)22-37/h5-12,20-21,25H,3-4,13-19,22-23H2,1-2H3,(H,35,39). The van der Waals surface area contributed by atoms with Crippen molar-refractivity contribution in [3.05, 3.63) is 83.3 Å². The fourth-order valence-electron chi connectivity index (χ4n) is 5.39. The Kier molecular flexibility index (Phi) is 9.59. The summed E-state index contributed by atoms with van der Waals surface area (Å²) in [7, 11) is 0. The molecule has 0 bridgehead atoms. The summed E-state index contributed by atoms with van der Waals surface area (Å²) >= 11 is 0. The Hall–Kier alpha value is -3.82. The maximum atomic E-state index is 12.7. The molecule has 41 heavy (non-hydrogen) atoms. The molecule has 4 heterocycles. The van der Waals surface area contributed by atoms with Crippen LogP contribution in [0, 0.1) is 12.8 Å². The summed E-state index contributed by atoms with van der Waals surface area (Å²) in [6.07, 6.45) is 6.43. The molecule has 1 unspecified atom stereocenters. The molecule has 2 saturated heterocycles. The van der Waals surface area contributed by atoms with E-state index in [0.717, 1.165) is 62.9 Å². The maximum absolute atomic E-state index is 12.7. The normalized spacial score (nSPS) is 18.2. The van der Waals surface area contributed by atoms with Crippen LogP contribution < -0.4 is 10.1 Å². The number of aryl methyl sites for hydroxylation is 1. The number of nitrogens with one attached hydrogen (secondary N) is 1. The predicted molar refractivity (Wildman–Crippen MR) is 159 cm³/mol. The summed E-state index contributed by atoms with van der Waals surface area (Å²) in [6, 6.07) is 15.2. The lowest BCUT2D eigenvalue weighted by atomic mass is 9.99. The van der Waals surface area contributed by atoms with Gasteiger partial charge in [0.2, 0.25) is 5.88 Å². The van der Waals surface area contributed by atoms with Gasteiger partial charge in [-0.1, -0.05) is 25.1 Å². The van der Waals surface area contributed by atoms with Crippen molar-refractivity contribution < 1.29 is 14.3 Å². The number of hydrogen-bond acceptors (Lipinski definition) is 7. The molecular weight excluding hydrogens is 516 g/mol. The summed E-state index contributed by atoms with van der Waals surface area (Å²) in [5, 5.41) is 2.87. The molecule has 0 saturated carbocycles. The Labute approximate surface area is 242 Å². The SMILES string of the molecule is Cc1ccc(CCN2CCN(C(=O)Oc3ccc(NC(=O)c4ccc(CN5CCCC(C)C5)cc4)cn3)CC2)nc1. The largest absolute Gasteiger partial charge is 0.416 e. The lowest BCUT2D eigenvalue weighted by molar-refractivity contribution is 0.102. The van der Waals surface area contributed by atoms with Crippen LogP contribution >= 0.6 is 0 Å². The zero-order valence-corrected chi connectivity index (χ0v) is 24.1. The van der Waals surface area contributed by atoms with Crippen LogP contribution in [-0.2, 0) is 13.0 Å². The summed E-state index contributed by atoms with van der Waals surface area (Å²) in [5.74, 6) is 0.744. The van der Waals surface area contributed by atoms with E-state index in [9.17, 15) is 9.59 Å². The van der Waals surface area contributed by atoms with Gasteiger partial charge in [-0.05, 0) is 67.6 Å². The molecule has 1 atom stereocenters. The Morgan fingerprint density at radius 3 is 2.41 bits per heavy atom. The molecule has 2 aliphatic rings. The van der Waals surface area contributed by atoms with Crippen LogP contribution in [0.25, 0.3) is 0 Å². The van der Waals surface area contributed by atoms with Gasteiger partial charge in [-0.15, -0.1) is 0 Å². The molecule has 0 radical (unpaired) electrons. The van der Waals surface area contributed by atoms with E-state index >= 15 is 0 Å². The number of carbonyl (C=O) groups excluding carboxylic acids is 2. The first-order valence-electron chi connectivity index (χ1n) is 14.6. The van der Waals surface area contributed by atoms with Crippen LogP contribution in [0.3, 0.4) is 0 Å². The number of aromatic nitrogens is 2. The number of piperidine rings is 1. The summed E-state index contributed by atoms with van der Waals surface area (Å²) in [5.41, 5.74) is 4.58. The van der Waals surface area contributed by atoms with Crippen molar-refractivity contribution in [2.45, 2.75) is 39.7 Å². The Morgan fingerprint density at radius 1 is 0.927 bits per heavy atom. The third-order valence-corrected chi connectivity index (χ3v) is 7.84. The average Bonchev–Trinajstić information content (AvgIpc) is 2.98. The van der Waals surface area contributed by atoms with Crippen LogP contribution in [-0.4, -0.2) is 82.5 Å². The fourth-order valence-corrected chi connectivity index (χ4v) is 5.39. The van der Waals surface area contributed by atoms with Crippen molar-refractivity contribution in [3.63, 3.8) is 0 Å². The van der Waals surface area contributed by atoms with E-state index in [1.54, 1.807) is 17.0 Å². The number of amides is 2. The van der Waals surface area contributed by atoms with Crippen LogP contribution in [0.2, 0.25) is 0 Å². The quantitative estimate of drug-likeness (QED) is 0.433. The average molecular weight is 557 g/mol. The molecular formula is C32H40N6O3. The first-order chi connectivity index (χ1) is 19.9. The number of carbonyl (C=O) groups is 2. The highest BCUT2D eigenvalue weighted by Gasteiger charge is 2.23. The van der Waals surface area contributed by atoms with Crippen LogP contribution in [0.5, 0.6) is 5.88 Å². The van der Waals surface area contributed by atoms with Gasteiger partial charge in [0.1, 0.15) is 0 Å². The number of hydrogen-bond donors (Lipinski definition) is 1. The lowest BCUT2D eigenvalue weighted by Crippen LogP contribution is -2.50. The highest BCUT2D eigenvalue weighted by atomic mass is 16.6. The smallest absolute Gasteiger partial charge is 0.391 e. The molecule has 0 spiro atoms. The van der Waals surface area contributed by atoms with Gasteiger partial charge in [0.05, 0.1) is 11.9 Å². The zero-order chi connectivity index (χ0) is 28.6. The number of pyridine rings is 2. The van der Waals surface area contributed by atoms with Gasteiger partial charge >= 0.3 is 6.09 Å². The first-order valence-corrected chi connectivity index (χ1v) is 14.6. The minimum absolute atomic E-state index is 0.203. The number of nitrogens with zero attached hydrogens (tertiary/aromatic N) is 5. The maximum Gasteiger partial charge on any atom is 0.416 e. The predicted octanol–water partition coefficient (Wildman–Crippen LogP) is 4.63. The number of piperazine rings is 1. The molecule has 2 aliphatic heterocycles. The molecule has 9 nitrogen and oxygen atoms in total. The lowest BCUT2D eigenvalue weighted by Gasteiger charge is -2.33. The van der Waals surface area contributed by atoms with Gasteiger partial charge in [0.25, 0.3) is 5.91 Å². The van der Waals surface area contributed by atoms with E-state index in [4.69, 9.17) is 4.74 Å². The fraction of sp³-hybridized carbons (Fsp3) is 0.438. The molecule has 5 rings (SSSR count). The van der Waals surface area contributed by atoms with Gasteiger partial charge in [-0.25, -0.2) is 9.78 Å². The Morgan fingerprint density at radius 2 is 1.73 bits per heavy atom. The topological polar surface area (TPSA) is 90.9 Å². The van der Waals surface area contributed by atoms with E-state index in [0.29, 0.717) is 24.3 Å². The molecule has 9 heteroatoms. The van der Waals surface area contributed by atoms with E-state index in [1.807, 2.05) is 37.4 Å². The molecule has 2 amide bonds. The van der Waals surface area contributed by atoms with Gasteiger partial charge in [0, 0.05) is 75.8 Å². The molecule has 1 aromatic carbocycles. The van der Waals surface area contributed by atoms with Crippen LogP contribution in [0.1, 0.15) is 46.9 Å². The van der Waals surface area contributed by atoms with Crippen molar-refractivity contribution in [3.8, 4) is 5.88 Å². The minimum atomic E-state index is -0.409. The molecule has 2 fully saturated rings. The van der Waals surface area contributed by atoms with E-state index in [2.05, 4.69) is 44.1 Å². The molecule has 216 valence electrons. The second-order valence-corrected chi connectivity index (χ2v) is 11.3. The number of ether oxygens (including phenoxy) is 1. The van der Waals surface area contributed by atoms with Gasteiger partial charge < -0.3 is 15.0 Å². The van der Waals surface area contributed by atoms with Crippen LogP contribution in [0.15, 0.2) is 60.9 Å². The van der Waals surface area contributed by atoms with Crippen molar-refractivity contribution in [2.24, 2.45) is 5.92 Å². The summed E-state index contributed by atoms with van der Waals surface area (Å²) in [4.78, 5) is 40.6. The van der Waals surface area contributed by atoms with Crippen LogP contribution in [0.4, 0.5) is 10.5 Å². The van der Waals surface area contributed by atoms with E-state index < -0.39 is 6.09 Å². The molecule has 2 aromatic heterocycles.